The zero-order valence-electron chi connectivity index (χ0n) is 2.82. The first-order valence-electron chi connectivity index (χ1n) is 0.908. The van der Waals surface area contributed by atoms with Gasteiger partial charge in [0.1, 0.15) is 0 Å². The van der Waals surface area contributed by atoms with Gasteiger partial charge in [0, 0.05) is 0 Å². The van der Waals surface area contributed by atoms with E-state index in [0.29, 0.717) is 0 Å². The molecule has 0 radical (unpaired) electrons. The minimum absolute atomic E-state index is 0. The van der Waals surface area contributed by atoms with E-state index in [0.717, 1.165) is 12.2 Å². The molecule has 0 atom stereocenters. The third kappa shape index (κ3) is 4750. The largest absolute Gasteiger partial charge is 0.231 e. The standard InChI is InChI=1S/2CHNO.17CH4/c2*2-1-3;;;;;;;;;;;;;;;;;/h2*2H;17*1H4. The third-order valence-electron chi connectivity index (χ3n) is 0. The summed E-state index contributed by atoms with van der Waals surface area (Å²) < 4.78 is 0. The molecule has 4 nitrogen and oxygen atoms in total. The van der Waals surface area contributed by atoms with Crippen molar-refractivity contribution < 1.29 is 9.59 Å². The van der Waals surface area contributed by atoms with E-state index in [1.807, 2.05) is 0 Å². The highest BCUT2D eigenvalue weighted by Gasteiger charge is 1.04. The van der Waals surface area contributed by atoms with Crippen LogP contribution in [0.4, 0.5) is 0 Å². The summed E-state index contributed by atoms with van der Waals surface area (Å²) in [6, 6.07) is 0. The number of carbonyl (C=O) groups excluding carboxylic acids is 2. The van der Waals surface area contributed by atoms with Crippen LogP contribution in [0, 0.1) is 10.8 Å². The van der Waals surface area contributed by atoms with Gasteiger partial charge in [0.2, 0.25) is 12.2 Å². The van der Waals surface area contributed by atoms with Crippen LogP contribution in [-0.4, -0.2) is 12.2 Å². The van der Waals surface area contributed by atoms with E-state index in [4.69, 9.17) is 20.4 Å². The molecule has 0 aromatic carbocycles. The summed E-state index contributed by atoms with van der Waals surface area (Å²) in [5.41, 5.74) is 0. The maximum Gasteiger partial charge on any atom is 0.231 e. The maximum atomic E-state index is 8.35. The Bertz CT molecular complexity index is 73.4. The molecule has 0 heterocycles. The van der Waals surface area contributed by atoms with E-state index in [2.05, 4.69) is 0 Å². The summed E-state index contributed by atoms with van der Waals surface area (Å²) in [4.78, 5) is 16.7. The molecule has 168 valence electrons. The average Bonchev–Trinajstić information content (AvgIpc) is 1.39. The van der Waals surface area contributed by atoms with Crippen molar-refractivity contribution in [2.24, 2.45) is 0 Å². The number of isocyanates is 2. The molecular weight excluding hydrogens is 288 g/mol. The van der Waals surface area contributed by atoms with Crippen LogP contribution in [0.15, 0.2) is 0 Å². The van der Waals surface area contributed by atoms with Gasteiger partial charge >= 0.3 is 0 Å². The molecule has 0 fully saturated rings. The highest BCUT2D eigenvalue weighted by atomic mass is 16.1. The van der Waals surface area contributed by atoms with Crippen molar-refractivity contribution in [1.82, 2.24) is 0 Å². The molecule has 0 bridgehead atoms. The molecule has 0 saturated carbocycles. The van der Waals surface area contributed by atoms with Crippen molar-refractivity contribution in [2.75, 3.05) is 0 Å². The van der Waals surface area contributed by atoms with E-state index in [1.54, 1.807) is 0 Å². The molecule has 2 N–H and O–H groups in total. The lowest BCUT2D eigenvalue weighted by molar-refractivity contribution is 0.562. The quantitative estimate of drug-likeness (QED) is 0.333. The fourth-order valence-corrected chi connectivity index (χ4v) is 0. The SMILES string of the molecule is C.C.C.C.C.C.C.C.C.C.C.C.C.C.C.C.C.N=C=O.N=C=O. The van der Waals surface area contributed by atoms with Crippen LogP contribution in [-0.2, 0) is 9.59 Å². The predicted octanol–water partition coefficient (Wildman–Crippen LogP) is 10.6. The van der Waals surface area contributed by atoms with Crippen molar-refractivity contribution in [1.29, 1.82) is 10.8 Å². The molecule has 0 rings (SSSR count). The van der Waals surface area contributed by atoms with Gasteiger partial charge in [0.15, 0.2) is 0 Å². The maximum absolute atomic E-state index is 8.35. The summed E-state index contributed by atoms with van der Waals surface area (Å²) >= 11 is 0. The lowest BCUT2D eigenvalue weighted by Crippen LogP contribution is -1.16. The molecule has 0 aromatic rings. The van der Waals surface area contributed by atoms with Gasteiger partial charge in [-0.2, -0.15) is 0 Å². The Morgan fingerprint density at radius 1 is 0.304 bits per heavy atom. The van der Waals surface area contributed by atoms with E-state index < -0.39 is 0 Å². The van der Waals surface area contributed by atoms with E-state index in [9.17, 15) is 0 Å². The van der Waals surface area contributed by atoms with Gasteiger partial charge in [-0.25, -0.2) is 20.4 Å². The fraction of sp³-hybridized carbons (Fsp3) is 0.895. The molecule has 0 aromatic heterocycles. The Labute approximate surface area is 159 Å². The number of nitrogens with one attached hydrogen (secondary N) is 2. The molecule has 23 heavy (non-hydrogen) atoms. The molecular formula is C19H70N2O2. The predicted molar refractivity (Wildman–Crippen MR) is 131 cm³/mol. The topological polar surface area (TPSA) is 81.8 Å². The lowest BCUT2D eigenvalue weighted by Gasteiger charge is -1.02. The monoisotopic (exact) mass is 359 g/mol. The Morgan fingerprint density at radius 3 is 0.304 bits per heavy atom. The summed E-state index contributed by atoms with van der Waals surface area (Å²) in [6.07, 6.45) is 1.50. The summed E-state index contributed by atoms with van der Waals surface area (Å²) in [5.74, 6) is 0. The normalized spacial score (nSPS) is 0.696. The Kier molecular flexibility index (Phi) is 751000. The highest BCUT2D eigenvalue weighted by molar-refractivity contribution is 5.26. The molecule has 0 spiro atoms. The minimum atomic E-state index is 0. The molecule has 0 aliphatic carbocycles. The first-order chi connectivity index (χ1) is 2.83. The first kappa shape index (κ1) is 1230. The second-order valence-electron chi connectivity index (χ2n) is 0.204. The summed E-state index contributed by atoms with van der Waals surface area (Å²) in [7, 11) is 0. The van der Waals surface area contributed by atoms with E-state index in [-0.39, 0.29) is 126 Å². The summed E-state index contributed by atoms with van der Waals surface area (Å²) in [5, 5.41) is 10.8. The molecule has 4 heteroatoms. The molecule has 0 unspecified atom stereocenters. The van der Waals surface area contributed by atoms with Crippen LogP contribution in [0.2, 0.25) is 0 Å². The second kappa shape index (κ2) is 14000. The van der Waals surface area contributed by atoms with Crippen LogP contribution in [0.25, 0.3) is 0 Å². The van der Waals surface area contributed by atoms with Gasteiger partial charge in [-0.1, -0.05) is 126 Å². The molecule has 0 saturated heterocycles. The Balaban J connectivity index is -0.000000000471. The van der Waals surface area contributed by atoms with Crippen molar-refractivity contribution in [3.63, 3.8) is 0 Å². The molecule has 0 aliphatic heterocycles. The van der Waals surface area contributed by atoms with Crippen LogP contribution >= 0.6 is 0 Å². The van der Waals surface area contributed by atoms with Gasteiger partial charge in [-0.05, 0) is 0 Å². The van der Waals surface area contributed by atoms with Gasteiger partial charge in [-0.3, -0.25) is 0 Å². The van der Waals surface area contributed by atoms with E-state index >= 15 is 0 Å². The van der Waals surface area contributed by atoms with Crippen LogP contribution in [0.1, 0.15) is 126 Å². The van der Waals surface area contributed by atoms with Gasteiger partial charge < -0.3 is 0 Å². The number of rotatable bonds is 0. The van der Waals surface area contributed by atoms with Gasteiger partial charge in [-0.15, -0.1) is 0 Å². The average molecular weight is 359 g/mol. The van der Waals surface area contributed by atoms with Crippen molar-refractivity contribution in [3.05, 3.63) is 0 Å². The fourth-order valence-electron chi connectivity index (χ4n) is 0. The summed E-state index contributed by atoms with van der Waals surface area (Å²) in [6.45, 7) is 0. The molecule has 0 aliphatic rings. The first-order valence-corrected chi connectivity index (χ1v) is 0.908. The second-order valence-corrected chi connectivity index (χ2v) is 0.204. The van der Waals surface area contributed by atoms with Gasteiger partial charge in [0.25, 0.3) is 0 Å². The van der Waals surface area contributed by atoms with Crippen molar-refractivity contribution in [2.45, 2.75) is 126 Å². The minimum Gasteiger partial charge on any atom is -0.222 e. The number of hydrogen-bond acceptors (Lipinski definition) is 4. The van der Waals surface area contributed by atoms with Crippen molar-refractivity contribution in [3.8, 4) is 0 Å². The third-order valence-corrected chi connectivity index (χ3v) is 0. The van der Waals surface area contributed by atoms with Crippen LogP contribution in [0.3, 0.4) is 0 Å². The van der Waals surface area contributed by atoms with Crippen LogP contribution in [0.5, 0.6) is 0 Å². The van der Waals surface area contributed by atoms with Gasteiger partial charge in [0.05, 0.1) is 0 Å². The Morgan fingerprint density at radius 2 is 0.304 bits per heavy atom. The smallest absolute Gasteiger partial charge is 0.222 e. The van der Waals surface area contributed by atoms with Crippen LogP contribution < -0.4 is 0 Å². The zero-order chi connectivity index (χ0) is 5.41. The Hall–Kier alpha value is -1.24. The molecule has 0 amide bonds. The van der Waals surface area contributed by atoms with Crippen molar-refractivity contribution >= 4 is 12.2 Å². The highest BCUT2D eigenvalue weighted by Crippen LogP contribution is 0.871. The number of hydrogen-bond donors (Lipinski definition) is 2. The zero-order valence-corrected chi connectivity index (χ0v) is 2.82. The van der Waals surface area contributed by atoms with E-state index in [1.165, 1.54) is 0 Å². The lowest BCUT2D eigenvalue weighted by atomic mass is 11.7.